The van der Waals surface area contributed by atoms with Gasteiger partial charge in [-0.3, -0.25) is 0 Å². The van der Waals surface area contributed by atoms with Gasteiger partial charge in [0.05, 0.1) is 5.56 Å². The maximum absolute atomic E-state index is 13.7. The van der Waals surface area contributed by atoms with E-state index in [2.05, 4.69) is 0 Å². The molecule has 2 aromatic rings. The van der Waals surface area contributed by atoms with Crippen molar-refractivity contribution in [3.05, 3.63) is 64.7 Å². The van der Waals surface area contributed by atoms with Crippen molar-refractivity contribution in [1.82, 2.24) is 0 Å². The van der Waals surface area contributed by atoms with Crippen LogP contribution < -0.4 is 10.3 Å². The molecule has 2 N–H and O–H groups in total. The quantitative estimate of drug-likeness (QED) is 0.241. The molecule has 0 bridgehead atoms. The van der Waals surface area contributed by atoms with Crippen LogP contribution in [0.5, 0.6) is 0 Å². The fraction of sp³-hybridized carbons (Fsp3) is 0.316. The van der Waals surface area contributed by atoms with Crippen LogP contribution in [0.3, 0.4) is 0 Å². The zero-order chi connectivity index (χ0) is 19.1. The van der Waals surface area contributed by atoms with Gasteiger partial charge in [0.1, 0.15) is 6.54 Å². The number of hydrogen-bond donors (Lipinski definition) is 1. The minimum Gasteiger partial charge on any atom is -0.330 e. The van der Waals surface area contributed by atoms with Gasteiger partial charge in [-0.2, -0.15) is 4.57 Å². The van der Waals surface area contributed by atoms with Crippen molar-refractivity contribution in [2.45, 2.75) is 32.2 Å². The van der Waals surface area contributed by atoms with E-state index in [4.69, 9.17) is 5.73 Å². The smallest absolute Gasteiger partial charge is 0.205 e. The van der Waals surface area contributed by atoms with Gasteiger partial charge in [-0.15, -0.1) is 0 Å². The molecule has 0 aliphatic carbocycles. The fourth-order valence-electron chi connectivity index (χ4n) is 2.56. The Hall–Kier alpha value is -2.28. The highest BCUT2D eigenvalue weighted by Gasteiger charge is 2.24. The lowest BCUT2D eigenvalue weighted by Gasteiger charge is -2.04. The number of nitrogens with zero attached hydrogens (tertiary/aromatic N) is 1. The number of unbranched alkanes of at least 4 members (excludes halogenated alkanes) is 3. The van der Waals surface area contributed by atoms with Crippen molar-refractivity contribution in [2.24, 2.45) is 5.73 Å². The Kier molecular flexibility index (Phi) is 7.26. The van der Waals surface area contributed by atoms with Crippen molar-refractivity contribution in [2.75, 3.05) is 6.54 Å². The number of halogens is 5. The zero-order valence-electron chi connectivity index (χ0n) is 14.1. The third-order valence-electron chi connectivity index (χ3n) is 3.99. The lowest BCUT2D eigenvalue weighted by Crippen LogP contribution is -2.36. The van der Waals surface area contributed by atoms with Crippen LogP contribution >= 0.6 is 0 Å². The average molecular weight is 371 g/mol. The summed E-state index contributed by atoms with van der Waals surface area (Å²) in [7, 11) is 0. The minimum atomic E-state index is -2.16. The Labute approximate surface area is 148 Å². The number of benzene rings is 1. The molecule has 0 spiro atoms. The van der Waals surface area contributed by atoms with Gasteiger partial charge in [0.25, 0.3) is 0 Å². The molecule has 0 saturated heterocycles. The third kappa shape index (κ3) is 4.66. The van der Waals surface area contributed by atoms with Gasteiger partial charge < -0.3 is 5.73 Å². The van der Waals surface area contributed by atoms with Gasteiger partial charge >= 0.3 is 0 Å². The summed E-state index contributed by atoms with van der Waals surface area (Å²) < 4.78 is 69.0. The number of hydrogen-bond acceptors (Lipinski definition) is 1. The molecule has 0 amide bonds. The van der Waals surface area contributed by atoms with E-state index in [1.807, 2.05) is 4.57 Å². The van der Waals surface area contributed by atoms with Crippen LogP contribution in [-0.2, 0) is 6.54 Å². The molecule has 2 rings (SSSR count). The molecule has 7 heteroatoms. The summed E-state index contributed by atoms with van der Waals surface area (Å²) in [5.74, 6) is -9.76. The van der Waals surface area contributed by atoms with Crippen LogP contribution in [-0.4, -0.2) is 6.54 Å². The highest BCUT2D eigenvalue weighted by atomic mass is 19.2. The van der Waals surface area contributed by atoms with E-state index in [1.165, 1.54) is 6.08 Å². The van der Waals surface area contributed by atoms with Gasteiger partial charge in [0, 0.05) is 24.6 Å². The van der Waals surface area contributed by atoms with E-state index in [-0.39, 0.29) is 0 Å². The summed E-state index contributed by atoms with van der Waals surface area (Å²) in [6, 6.07) is 5.22. The monoisotopic (exact) mass is 371 g/mol. The second kappa shape index (κ2) is 9.43. The predicted molar refractivity (Wildman–Crippen MR) is 89.3 cm³/mol. The number of pyridine rings is 1. The van der Waals surface area contributed by atoms with Crippen molar-refractivity contribution >= 4 is 12.2 Å². The first-order valence-corrected chi connectivity index (χ1v) is 8.35. The van der Waals surface area contributed by atoms with Crippen LogP contribution in [0, 0.1) is 29.1 Å². The molecule has 0 aliphatic rings. The zero-order valence-corrected chi connectivity index (χ0v) is 14.1. The van der Waals surface area contributed by atoms with Crippen LogP contribution in [0.1, 0.15) is 36.9 Å². The number of aromatic nitrogens is 1. The van der Waals surface area contributed by atoms with Crippen LogP contribution in [0.4, 0.5) is 22.0 Å². The predicted octanol–water partition coefficient (Wildman–Crippen LogP) is 4.36. The lowest BCUT2D eigenvalue weighted by atomic mass is 10.1. The molecule has 2 nitrogen and oxygen atoms in total. The molecule has 140 valence electrons. The Morgan fingerprint density at radius 1 is 0.769 bits per heavy atom. The Morgan fingerprint density at radius 3 is 2.04 bits per heavy atom. The number of aryl methyl sites for hydroxylation is 1. The lowest BCUT2D eigenvalue weighted by molar-refractivity contribution is -0.699. The van der Waals surface area contributed by atoms with E-state index in [9.17, 15) is 22.0 Å². The number of rotatable bonds is 8. The normalized spacial score (nSPS) is 11.5. The molecule has 1 aromatic heterocycles. The minimum absolute atomic E-state index is 0.593. The van der Waals surface area contributed by atoms with Gasteiger partial charge in [-0.25, -0.2) is 22.0 Å². The van der Waals surface area contributed by atoms with Crippen LogP contribution in [0.15, 0.2) is 24.4 Å². The van der Waals surface area contributed by atoms with Gasteiger partial charge in [0.15, 0.2) is 29.5 Å². The molecule has 0 radical (unpaired) electrons. The Morgan fingerprint density at radius 2 is 1.38 bits per heavy atom. The molecule has 0 unspecified atom stereocenters. The summed E-state index contributed by atoms with van der Waals surface area (Å²) in [6.45, 7) is 1.32. The van der Waals surface area contributed by atoms with Crippen molar-refractivity contribution in [3.8, 4) is 0 Å². The summed E-state index contributed by atoms with van der Waals surface area (Å²) in [5.41, 5.74) is 5.08. The molecule has 1 aromatic carbocycles. The molecule has 0 atom stereocenters. The van der Waals surface area contributed by atoms with Crippen molar-refractivity contribution < 1.29 is 26.5 Å². The fourth-order valence-corrected chi connectivity index (χ4v) is 2.56. The SMILES string of the molecule is NCCCCCC[n+]1ccccc1/C=C/c1c(F)c(F)c(F)c(F)c1F. The maximum atomic E-state index is 13.7. The van der Waals surface area contributed by atoms with Crippen molar-refractivity contribution in [1.29, 1.82) is 0 Å². The van der Waals surface area contributed by atoms with E-state index in [0.29, 0.717) is 18.8 Å². The second-order valence-electron chi connectivity index (χ2n) is 5.84. The Balaban J connectivity index is 2.22. The maximum Gasteiger partial charge on any atom is 0.205 e. The van der Waals surface area contributed by atoms with Crippen molar-refractivity contribution in [3.63, 3.8) is 0 Å². The van der Waals surface area contributed by atoms with Crippen LogP contribution in [0.2, 0.25) is 0 Å². The largest absolute Gasteiger partial charge is 0.330 e. The summed E-state index contributed by atoms with van der Waals surface area (Å²) in [5, 5.41) is 0. The highest BCUT2D eigenvalue weighted by Crippen LogP contribution is 2.24. The first kappa shape index (κ1) is 20.0. The summed E-state index contributed by atoms with van der Waals surface area (Å²) in [6.07, 6.45) is 7.86. The van der Waals surface area contributed by atoms with Gasteiger partial charge in [-0.05, 0) is 31.5 Å². The number of nitrogens with two attached hydrogens (primary N) is 1. The van der Waals surface area contributed by atoms with Crippen LogP contribution in [0.25, 0.3) is 12.2 Å². The third-order valence-corrected chi connectivity index (χ3v) is 3.99. The molecular weight excluding hydrogens is 351 g/mol. The standard InChI is InChI=1S/C19H20F5N2/c20-15-14(16(21)18(23)19(24)17(15)22)9-8-13-7-3-6-12-26(13)11-5-2-1-4-10-25/h3,6-9,12H,1-2,4-5,10-11,25H2/q+1/b9-8+. The first-order valence-electron chi connectivity index (χ1n) is 8.35. The summed E-state index contributed by atoms with van der Waals surface area (Å²) >= 11 is 0. The molecule has 26 heavy (non-hydrogen) atoms. The molecule has 0 fully saturated rings. The highest BCUT2D eigenvalue weighted by molar-refractivity contribution is 5.67. The summed E-state index contributed by atoms with van der Waals surface area (Å²) in [4.78, 5) is 0. The second-order valence-corrected chi connectivity index (χ2v) is 5.84. The molecule has 0 aliphatic heterocycles. The first-order chi connectivity index (χ1) is 12.5. The molecular formula is C19H20F5N2+. The van der Waals surface area contributed by atoms with Gasteiger partial charge in [0.2, 0.25) is 11.5 Å². The average Bonchev–Trinajstić information content (AvgIpc) is 2.65. The topological polar surface area (TPSA) is 29.9 Å². The van der Waals surface area contributed by atoms with E-state index in [1.54, 1.807) is 24.4 Å². The molecule has 1 heterocycles. The van der Waals surface area contributed by atoms with E-state index < -0.39 is 34.6 Å². The van der Waals surface area contributed by atoms with E-state index in [0.717, 1.165) is 31.8 Å². The van der Waals surface area contributed by atoms with Gasteiger partial charge in [-0.1, -0.05) is 6.42 Å². The Bertz CT molecular complexity index is 761. The molecule has 0 saturated carbocycles. The van der Waals surface area contributed by atoms with E-state index >= 15 is 0 Å².